The van der Waals surface area contributed by atoms with E-state index in [-0.39, 0.29) is 12.1 Å². The molecular weight excluding hydrogens is 273 g/mol. The topological polar surface area (TPSA) is 61.7 Å². The van der Waals surface area contributed by atoms with Crippen LogP contribution in [0, 0.1) is 0 Å². The van der Waals surface area contributed by atoms with Crippen LogP contribution in [0.25, 0.3) is 0 Å². The summed E-state index contributed by atoms with van der Waals surface area (Å²) in [4.78, 5) is 0. The Labute approximate surface area is 85.8 Å². The molecule has 12 heavy (non-hydrogen) atoms. The minimum atomic E-state index is -1.03. The highest BCUT2D eigenvalue weighted by Gasteiger charge is 2.41. The Kier molecular flexibility index (Phi) is 4.18. The van der Waals surface area contributed by atoms with Crippen molar-refractivity contribution in [3.05, 3.63) is 0 Å². The lowest BCUT2D eigenvalue weighted by Crippen LogP contribution is -2.40. The van der Waals surface area contributed by atoms with Crippen molar-refractivity contribution in [1.29, 1.82) is 0 Å². The van der Waals surface area contributed by atoms with Gasteiger partial charge < -0.3 is 14.9 Å². The molecule has 0 aliphatic carbocycles. The van der Waals surface area contributed by atoms with Gasteiger partial charge in [0.1, 0.15) is 6.10 Å². The van der Waals surface area contributed by atoms with Crippen molar-refractivity contribution in [1.82, 2.24) is 3.53 Å². The summed E-state index contributed by atoms with van der Waals surface area (Å²) in [5.41, 5.74) is 0. The van der Waals surface area contributed by atoms with Gasteiger partial charge in [-0.05, 0) is 6.42 Å². The average Bonchev–Trinajstić information content (AvgIpc) is 2.29. The maximum absolute atomic E-state index is 9.41. The van der Waals surface area contributed by atoms with E-state index in [1.54, 1.807) is 0 Å². The summed E-state index contributed by atoms with van der Waals surface area (Å²) in [5.74, 6) is 0. The van der Waals surface area contributed by atoms with Gasteiger partial charge in [0.05, 0.1) is 12.1 Å². The molecule has 4 atom stereocenters. The van der Waals surface area contributed by atoms with Gasteiger partial charge in [0.15, 0.2) is 6.29 Å². The first-order valence-corrected chi connectivity index (χ1v) is 5.16. The predicted octanol–water partition coefficient (Wildman–Crippen LogP) is 0.173. The van der Waals surface area contributed by atoms with Crippen molar-refractivity contribution < 1.29 is 14.9 Å². The van der Waals surface area contributed by atoms with Crippen LogP contribution in [-0.4, -0.2) is 34.8 Å². The monoisotopic (exact) mass is 287 g/mol. The second-order valence-corrected chi connectivity index (χ2v) is 3.60. The zero-order valence-corrected chi connectivity index (χ0v) is 9.06. The van der Waals surface area contributed by atoms with Crippen LogP contribution >= 0.6 is 22.9 Å². The van der Waals surface area contributed by atoms with Gasteiger partial charge in [-0.3, -0.25) is 3.53 Å². The molecule has 0 aromatic rings. The molecule has 0 saturated carbocycles. The zero-order chi connectivity index (χ0) is 9.14. The molecule has 0 radical (unpaired) electrons. The van der Waals surface area contributed by atoms with Gasteiger partial charge in [-0.15, -0.1) is 0 Å². The normalized spacial score (nSPS) is 42.0. The third kappa shape index (κ3) is 2.08. The highest BCUT2D eigenvalue weighted by atomic mass is 127. The molecular formula is C7H14INO3. The van der Waals surface area contributed by atoms with E-state index in [1.807, 2.05) is 29.8 Å². The SMILES string of the molecule is CCCC1OC(O)C(O)C1NI. The number of halogens is 1. The lowest BCUT2D eigenvalue weighted by Gasteiger charge is -2.16. The maximum atomic E-state index is 9.41. The number of rotatable bonds is 3. The van der Waals surface area contributed by atoms with E-state index < -0.39 is 12.4 Å². The number of nitrogens with one attached hydrogen (secondary N) is 1. The van der Waals surface area contributed by atoms with Crippen LogP contribution in [0.2, 0.25) is 0 Å². The standard InChI is InChI=1S/C7H14INO3/c1-2-3-4-5(9-8)6(10)7(11)12-4/h4-7,9-11H,2-3H2,1H3. The van der Waals surface area contributed by atoms with Crippen molar-refractivity contribution in [3.63, 3.8) is 0 Å². The fraction of sp³-hybridized carbons (Fsp3) is 1.00. The molecule has 1 heterocycles. The smallest absolute Gasteiger partial charge is 0.182 e. The van der Waals surface area contributed by atoms with E-state index in [1.165, 1.54) is 0 Å². The Balaban J connectivity index is 2.52. The highest BCUT2D eigenvalue weighted by Crippen LogP contribution is 2.23. The lowest BCUT2D eigenvalue weighted by molar-refractivity contribution is -0.127. The summed E-state index contributed by atoms with van der Waals surface area (Å²) in [5, 5.41) is 18.6. The van der Waals surface area contributed by atoms with E-state index in [0.717, 1.165) is 12.8 Å². The van der Waals surface area contributed by atoms with Gasteiger partial charge >= 0.3 is 0 Å². The van der Waals surface area contributed by atoms with E-state index in [4.69, 9.17) is 4.74 Å². The molecule has 5 heteroatoms. The van der Waals surface area contributed by atoms with Gasteiger partial charge in [-0.1, -0.05) is 13.3 Å². The molecule has 0 bridgehead atoms. The van der Waals surface area contributed by atoms with Crippen LogP contribution in [-0.2, 0) is 4.74 Å². The first-order valence-electron chi connectivity index (χ1n) is 4.08. The number of hydrogen-bond donors (Lipinski definition) is 3. The third-order valence-corrected chi connectivity index (χ3v) is 2.79. The fourth-order valence-electron chi connectivity index (χ4n) is 1.41. The maximum Gasteiger partial charge on any atom is 0.182 e. The Morgan fingerprint density at radius 1 is 1.50 bits per heavy atom. The molecule has 72 valence electrons. The molecule has 0 spiro atoms. The molecule has 1 saturated heterocycles. The summed E-state index contributed by atoms with van der Waals surface area (Å²) in [6.45, 7) is 2.05. The quantitative estimate of drug-likeness (QED) is 0.511. The van der Waals surface area contributed by atoms with Crippen molar-refractivity contribution in [2.45, 2.75) is 44.3 Å². The van der Waals surface area contributed by atoms with Crippen molar-refractivity contribution in [2.75, 3.05) is 0 Å². The average molecular weight is 287 g/mol. The Morgan fingerprint density at radius 2 is 2.17 bits per heavy atom. The van der Waals surface area contributed by atoms with Crippen LogP contribution in [0.1, 0.15) is 19.8 Å². The predicted molar refractivity (Wildman–Crippen MR) is 52.7 cm³/mol. The minimum Gasteiger partial charge on any atom is -0.386 e. The third-order valence-electron chi connectivity index (χ3n) is 2.07. The van der Waals surface area contributed by atoms with Crippen molar-refractivity contribution in [2.24, 2.45) is 0 Å². The fourth-order valence-corrected chi connectivity index (χ4v) is 2.18. The molecule has 0 amide bonds. The molecule has 1 rings (SSSR count). The summed E-state index contributed by atoms with van der Waals surface area (Å²) in [6, 6.07) is -0.152. The van der Waals surface area contributed by atoms with Crippen molar-refractivity contribution in [3.8, 4) is 0 Å². The number of aliphatic hydroxyl groups excluding tert-OH is 2. The zero-order valence-electron chi connectivity index (χ0n) is 6.90. The van der Waals surface area contributed by atoms with Gasteiger partial charge in [-0.2, -0.15) is 0 Å². The molecule has 3 N–H and O–H groups in total. The Hall–Kier alpha value is 0.570. The van der Waals surface area contributed by atoms with Gasteiger partial charge in [0.25, 0.3) is 0 Å². The van der Waals surface area contributed by atoms with Crippen LogP contribution in [0.5, 0.6) is 0 Å². The molecule has 4 nitrogen and oxygen atoms in total. The van der Waals surface area contributed by atoms with Crippen LogP contribution in [0.15, 0.2) is 0 Å². The summed E-state index contributed by atoms with van der Waals surface area (Å²) in [6.07, 6.45) is -0.0718. The molecule has 1 fully saturated rings. The molecule has 0 aromatic heterocycles. The molecule has 4 unspecified atom stereocenters. The molecule has 1 aliphatic rings. The second kappa shape index (κ2) is 4.71. The first kappa shape index (κ1) is 10.6. The minimum absolute atomic E-state index is 0.0723. The largest absolute Gasteiger partial charge is 0.386 e. The van der Waals surface area contributed by atoms with E-state index in [2.05, 4.69) is 3.53 Å². The molecule has 1 aliphatic heterocycles. The van der Waals surface area contributed by atoms with Crippen LogP contribution in [0.4, 0.5) is 0 Å². The first-order chi connectivity index (χ1) is 5.70. The lowest BCUT2D eigenvalue weighted by atomic mass is 10.1. The summed E-state index contributed by atoms with van der Waals surface area (Å²) in [7, 11) is 0. The summed E-state index contributed by atoms with van der Waals surface area (Å²) >= 11 is 1.97. The highest BCUT2D eigenvalue weighted by molar-refractivity contribution is 14.1. The van der Waals surface area contributed by atoms with Gasteiger partial charge in [-0.25, -0.2) is 0 Å². The van der Waals surface area contributed by atoms with Gasteiger partial charge in [0.2, 0.25) is 0 Å². The number of ether oxygens (including phenoxy) is 1. The van der Waals surface area contributed by atoms with Crippen LogP contribution in [0.3, 0.4) is 0 Å². The van der Waals surface area contributed by atoms with E-state index in [9.17, 15) is 10.2 Å². The summed E-state index contributed by atoms with van der Waals surface area (Å²) < 4.78 is 8.07. The Morgan fingerprint density at radius 3 is 2.67 bits per heavy atom. The number of aliphatic hydroxyl groups is 2. The molecule has 0 aromatic carbocycles. The van der Waals surface area contributed by atoms with E-state index >= 15 is 0 Å². The van der Waals surface area contributed by atoms with Crippen molar-refractivity contribution >= 4 is 22.9 Å². The van der Waals surface area contributed by atoms with E-state index in [0.29, 0.717) is 0 Å². The van der Waals surface area contributed by atoms with Crippen LogP contribution < -0.4 is 3.53 Å². The number of hydrogen-bond acceptors (Lipinski definition) is 4. The second-order valence-electron chi connectivity index (χ2n) is 2.98. The Bertz CT molecular complexity index is 147. The van der Waals surface area contributed by atoms with Gasteiger partial charge in [0, 0.05) is 22.9 Å².